The first-order valence-electron chi connectivity index (χ1n) is 6.92. The van der Waals surface area contributed by atoms with Crippen molar-refractivity contribution in [3.05, 3.63) is 0 Å². The maximum Gasteiger partial charge on any atom is 0.280 e. The predicted molar refractivity (Wildman–Crippen MR) is 82.4 cm³/mol. The summed E-state index contributed by atoms with van der Waals surface area (Å²) >= 11 is 0. The van der Waals surface area contributed by atoms with Crippen molar-refractivity contribution < 1.29 is 13.6 Å². The standard InChI is InChI=1S/C12H27N5O3S/c1-11(2,3)15-21(19,20)17-8-6-16(7-9-17)12(4,5)10(13)14-18/h15,18H,6-9H2,1-5H3,(H2,13,14). The van der Waals surface area contributed by atoms with E-state index in [2.05, 4.69) is 9.88 Å². The summed E-state index contributed by atoms with van der Waals surface area (Å²) in [5.41, 5.74) is 4.58. The molecule has 1 heterocycles. The van der Waals surface area contributed by atoms with Gasteiger partial charge in [0.1, 0.15) is 0 Å². The van der Waals surface area contributed by atoms with Crippen molar-refractivity contribution in [2.75, 3.05) is 26.2 Å². The maximum atomic E-state index is 12.3. The summed E-state index contributed by atoms with van der Waals surface area (Å²) in [5, 5.41) is 11.9. The normalized spacial score (nSPS) is 20.7. The van der Waals surface area contributed by atoms with Gasteiger partial charge >= 0.3 is 0 Å². The molecule has 0 bridgehead atoms. The Balaban J connectivity index is 2.73. The average molecular weight is 321 g/mol. The van der Waals surface area contributed by atoms with Gasteiger partial charge in [-0.2, -0.15) is 17.4 Å². The Morgan fingerprint density at radius 1 is 1.14 bits per heavy atom. The fourth-order valence-electron chi connectivity index (χ4n) is 2.22. The Labute approximate surface area is 127 Å². The third-order valence-corrected chi connectivity index (χ3v) is 5.45. The molecule has 0 aliphatic carbocycles. The first-order valence-corrected chi connectivity index (χ1v) is 8.36. The van der Waals surface area contributed by atoms with Crippen LogP contribution in [0.1, 0.15) is 34.6 Å². The number of nitrogens with one attached hydrogen (secondary N) is 1. The molecule has 0 aromatic carbocycles. The van der Waals surface area contributed by atoms with E-state index < -0.39 is 21.3 Å². The molecule has 1 aliphatic rings. The molecule has 124 valence electrons. The number of piperazine rings is 1. The van der Waals surface area contributed by atoms with E-state index >= 15 is 0 Å². The quantitative estimate of drug-likeness (QED) is 0.286. The van der Waals surface area contributed by atoms with Gasteiger partial charge in [-0.3, -0.25) is 4.90 Å². The lowest BCUT2D eigenvalue weighted by Crippen LogP contribution is -2.62. The van der Waals surface area contributed by atoms with Crippen LogP contribution in [0.15, 0.2) is 5.16 Å². The Hall–Kier alpha value is -0.900. The SMILES string of the molecule is CC(C)(C)NS(=O)(=O)N1CCN(C(C)(C)C(N)=NO)CC1. The molecule has 0 radical (unpaired) electrons. The highest BCUT2D eigenvalue weighted by Gasteiger charge is 2.37. The maximum absolute atomic E-state index is 12.3. The van der Waals surface area contributed by atoms with Crippen molar-refractivity contribution in [1.29, 1.82) is 0 Å². The summed E-state index contributed by atoms with van der Waals surface area (Å²) in [7, 11) is -3.49. The van der Waals surface area contributed by atoms with E-state index in [4.69, 9.17) is 10.9 Å². The van der Waals surface area contributed by atoms with E-state index in [1.165, 1.54) is 4.31 Å². The van der Waals surface area contributed by atoms with Crippen molar-refractivity contribution >= 4 is 16.0 Å². The van der Waals surface area contributed by atoms with Crippen LogP contribution in [0.25, 0.3) is 0 Å². The molecular formula is C12H27N5O3S. The smallest absolute Gasteiger partial charge is 0.280 e. The van der Waals surface area contributed by atoms with Crippen LogP contribution < -0.4 is 10.5 Å². The van der Waals surface area contributed by atoms with Crippen LogP contribution in [-0.2, 0) is 10.2 Å². The lowest BCUT2D eigenvalue weighted by atomic mass is 10.0. The zero-order chi connectivity index (χ0) is 16.5. The van der Waals surface area contributed by atoms with Gasteiger partial charge in [0.2, 0.25) is 0 Å². The number of nitrogens with two attached hydrogens (primary N) is 1. The van der Waals surface area contributed by atoms with Gasteiger partial charge in [-0.1, -0.05) is 5.16 Å². The van der Waals surface area contributed by atoms with Gasteiger partial charge < -0.3 is 10.9 Å². The Morgan fingerprint density at radius 3 is 2.00 bits per heavy atom. The molecule has 0 saturated carbocycles. The van der Waals surface area contributed by atoms with Crippen LogP contribution in [-0.4, -0.2) is 65.9 Å². The van der Waals surface area contributed by atoms with Crippen molar-refractivity contribution in [3.63, 3.8) is 0 Å². The highest BCUT2D eigenvalue weighted by molar-refractivity contribution is 7.87. The van der Waals surface area contributed by atoms with Crippen LogP contribution in [0.2, 0.25) is 0 Å². The Bertz CT molecular complexity index is 488. The molecule has 1 rings (SSSR count). The summed E-state index contributed by atoms with van der Waals surface area (Å²) in [5.74, 6) is 0.117. The second kappa shape index (κ2) is 6.07. The van der Waals surface area contributed by atoms with Gasteiger partial charge in [0.25, 0.3) is 10.2 Å². The summed E-state index contributed by atoms with van der Waals surface area (Å²) < 4.78 is 28.6. The second-order valence-corrected chi connectivity index (χ2v) is 8.46. The first-order chi connectivity index (χ1) is 9.40. The molecule has 0 aromatic heterocycles. The molecule has 8 nitrogen and oxygen atoms in total. The third-order valence-electron chi connectivity index (χ3n) is 3.54. The molecule has 0 atom stereocenters. The van der Waals surface area contributed by atoms with E-state index in [0.29, 0.717) is 26.2 Å². The van der Waals surface area contributed by atoms with E-state index in [9.17, 15) is 8.42 Å². The van der Waals surface area contributed by atoms with Gasteiger partial charge in [0.15, 0.2) is 5.84 Å². The van der Waals surface area contributed by atoms with Crippen molar-refractivity contribution in [2.45, 2.75) is 45.7 Å². The number of oxime groups is 1. The highest BCUT2D eigenvalue weighted by atomic mass is 32.2. The molecule has 0 aromatic rings. The second-order valence-electron chi connectivity index (χ2n) is 6.79. The fraction of sp³-hybridized carbons (Fsp3) is 0.917. The molecule has 1 aliphatic heterocycles. The minimum atomic E-state index is -3.49. The number of hydrogen-bond acceptors (Lipinski definition) is 5. The molecule has 1 saturated heterocycles. The number of nitrogens with zero attached hydrogens (tertiary/aromatic N) is 3. The topological polar surface area (TPSA) is 111 Å². The first kappa shape index (κ1) is 18.1. The molecule has 0 spiro atoms. The van der Waals surface area contributed by atoms with Crippen LogP contribution in [0.5, 0.6) is 0 Å². The monoisotopic (exact) mass is 321 g/mol. The summed E-state index contributed by atoms with van der Waals surface area (Å²) in [4.78, 5) is 2.01. The van der Waals surface area contributed by atoms with Crippen LogP contribution in [0.4, 0.5) is 0 Å². The summed E-state index contributed by atoms with van der Waals surface area (Å²) in [6.45, 7) is 10.9. The lowest BCUT2D eigenvalue weighted by molar-refractivity contribution is 0.118. The van der Waals surface area contributed by atoms with Crippen LogP contribution >= 0.6 is 0 Å². The fourth-order valence-corrected chi connectivity index (χ4v) is 3.77. The minimum absolute atomic E-state index is 0.117. The van der Waals surface area contributed by atoms with Gasteiger partial charge in [-0.05, 0) is 34.6 Å². The number of hydrogen-bond donors (Lipinski definition) is 3. The van der Waals surface area contributed by atoms with E-state index in [1.807, 2.05) is 39.5 Å². The molecular weight excluding hydrogens is 294 g/mol. The van der Waals surface area contributed by atoms with Crippen LogP contribution in [0.3, 0.4) is 0 Å². The molecule has 21 heavy (non-hydrogen) atoms. The van der Waals surface area contributed by atoms with E-state index in [-0.39, 0.29) is 5.84 Å². The molecule has 4 N–H and O–H groups in total. The van der Waals surface area contributed by atoms with Gasteiger partial charge in [-0.25, -0.2) is 0 Å². The van der Waals surface area contributed by atoms with E-state index in [0.717, 1.165) is 0 Å². The Morgan fingerprint density at radius 2 is 1.62 bits per heavy atom. The van der Waals surface area contributed by atoms with Gasteiger partial charge in [0.05, 0.1) is 5.54 Å². The largest absolute Gasteiger partial charge is 0.409 e. The molecule has 0 amide bonds. The number of amidine groups is 1. The lowest BCUT2D eigenvalue weighted by Gasteiger charge is -2.43. The van der Waals surface area contributed by atoms with Crippen molar-refractivity contribution in [2.24, 2.45) is 10.9 Å². The van der Waals surface area contributed by atoms with Gasteiger partial charge in [-0.15, -0.1) is 0 Å². The van der Waals surface area contributed by atoms with E-state index in [1.54, 1.807) is 0 Å². The third kappa shape index (κ3) is 4.53. The Kier molecular flexibility index (Phi) is 5.25. The summed E-state index contributed by atoms with van der Waals surface area (Å²) in [6, 6.07) is 0. The summed E-state index contributed by atoms with van der Waals surface area (Å²) in [6.07, 6.45) is 0. The predicted octanol–water partition coefficient (Wildman–Crippen LogP) is -0.238. The zero-order valence-corrected chi connectivity index (χ0v) is 14.2. The van der Waals surface area contributed by atoms with Crippen LogP contribution in [0, 0.1) is 0 Å². The minimum Gasteiger partial charge on any atom is -0.409 e. The van der Waals surface area contributed by atoms with Crippen molar-refractivity contribution in [1.82, 2.24) is 13.9 Å². The molecule has 1 fully saturated rings. The molecule has 9 heteroatoms. The highest BCUT2D eigenvalue weighted by Crippen LogP contribution is 2.19. The number of rotatable bonds is 4. The van der Waals surface area contributed by atoms with Gasteiger partial charge in [0, 0.05) is 31.7 Å². The zero-order valence-electron chi connectivity index (χ0n) is 13.4. The van der Waals surface area contributed by atoms with Crippen molar-refractivity contribution in [3.8, 4) is 0 Å². The molecule has 0 unspecified atom stereocenters. The average Bonchev–Trinajstić information content (AvgIpc) is 2.35.